The standard InChI is InChI=1S/C8H12O.C6H9NO.C5H10O.C2H6/c1-6-4-3-5-8(9)7(6)2;1-4-5(2)7-8-6(4)3;1-4(2)5(3)6;1-2/h3-5H2,1-2H3;1-3H3;6H,1-3H3;1-2H3. The Morgan fingerprint density at radius 1 is 1.00 bits per heavy atom. The first-order chi connectivity index (χ1) is 11.6. The molecule has 0 bridgehead atoms. The molecule has 0 aromatic carbocycles. The van der Waals surface area contributed by atoms with Crippen LogP contribution in [0.3, 0.4) is 0 Å². The lowest BCUT2D eigenvalue weighted by Crippen LogP contribution is -2.07. The van der Waals surface area contributed by atoms with Gasteiger partial charge in [-0.2, -0.15) is 0 Å². The molecule has 1 aliphatic rings. The lowest BCUT2D eigenvalue weighted by molar-refractivity contribution is -0.116. The van der Waals surface area contributed by atoms with Gasteiger partial charge in [0.25, 0.3) is 0 Å². The minimum atomic E-state index is 0.346. The minimum Gasteiger partial charge on any atom is -0.513 e. The monoisotopic (exact) mass is 351 g/mol. The van der Waals surface area contributed by atoms with Crippen LogP contribution in [-0.2, 0) is 4.79 Å². The quantitative estimate of drug-likeness (QED) is 0.538. The van der Waals surface area contributed by atoms with Crippen molar-refractivity contribution in [3.63, 3.8) is 0 Å². The molecular formula is C21H37NO3. The smallest absolute Gasteiger partial charge is 0.158 e. The number of ketones is 1. The summed E-state index contributed by atoms with van der Waals surface area (Å²) in [6, 6.07) is 0. The van der Waals surface area contributed by atoms with Crippen molar-refractivity contribution in [1.29, 1.82) is 0 Å². The molecule has 1 aromatic heterocycles. The topological polar surface area (TPSA) is 63.3 Å². The number of rotatable bonds is 0. The number of hydrogen-bond donors (Lipinski definition) is 1. The molecule has 2 rings (SSSR count). The van der Waals surface area contributed by atoms with Crippen molar-refractivity contribution in [3.05, 3.63) is 39.5 Å². The molecule has 0 saturated heterocycles. The Morgan fingerprint density at radius 2 is 1.48 bits per heavy atom. The van der Waals surface area contributed by atoms with E-state index in [-0.39, 0.29) is 0 Å². The summed E-state index contributed by atoms with van der Waals surface area (Å²) in [5, 5.41) is 12.2. The Balaban J connectivity index is 0. The van der Waals surface area contributed by atoms with Crippen LogP contribution in [0.15, 0.2) is 27.0 Å². The molecule has 0 saturated carbocycles. The summed E-state index contributed by atoms with van der Waals surface area (Å²) in [6.45, 7) is 19.2. The number of allylic oxidation sites excluding steroid dienone is 4. The molecule has 144 valence electrons. The zero-order valence-electron chi connectivity index (χ0n) is 17.8. The first-order valence-electron chi connectivity index (χ1n) is 9.00. The van der Waals surface area contributed by atoms with Crippen LogP contribution in [-0.4, -0.2) is 16.0 Å². The molecule has 4 heteroatoms. The average molecular weight is 352 g/mol. The molecule has 1 heterocycles. The fraction of sp³-hybridized carbons (Fsp3) is 0.619. The van der Waals surface area contributed by atoms with Gasteiger partial charge in [-0.1, -0.05) is 24.6 Å². The van der Waals surface area contributed by atoms with E-state index in [0.717, 1.165) is 47.4 Å². The van der Waals surface area contributed by atoms with E-state index in [1.807, 2.05) is 62.3 Å². The third-order valence-electron chi connectivity index (χ3n) is 4.13. The van der Waals surface area contributed by atoms with Crippen LogP contribution in [0, 0.1) is 20.8 Å². The maximum atomic E-state index is 10.9. The maximum Gasteiger partial charge on any atom is 0.158 e. The SMILES string of the molecule is CC.CC(C)=C(C)O.CC1=C(C)C(=O)CCC1.Cc1noc(C)c1C. The van der Waals surface area contributed by atoms with Gasteiger partial charge in [-0.05, 0) is 79.4 Å². The summed E-state index contributed by atoms with van der Waals surface area (Å²) < 4.78 is 4.84. The predicted molar refractivity (Wildman–Crippen MR) is 106 cm³/mol. The van der Waals surface area contributed by atoms with Gasteiger partial charge in [-0.15, -0.1) is 0 Å². The van der Waals surface area contributed by atoms with Gasteiger partial charge in [-0.25, -0.2) is 0 Å². The first kappa shape index (κ1) is 25.4. The van der Waals surface area contributed by atoms with Gasteiger partial charge in [0.1, 0.15) is 5.76 Å². The fourth-order valence-electron chi connectivity index (χ4n) is 1.66. The second-order valence-electron chi connectivity index (χ2n) is 6.22. The van der Waals surface area contributed by atoms with E-state index in [0.29, 0.717) is 11.5 Å². The van der Waals surface area contributed by atoms with Gasteiger partial charge < -0.3 is 9.63 Å². The van der Waals surface area contributed by atoms with Gasteiger partial charge in [0.05, 0.1) is 11.5 Å². The predicted octanol–water partition coefficient (Wildman–Crippen LogP) is 6.56. The van der Waals surface area contributed by atoms with Crippen LogP contribution >= 0.6 is 0 Å². The maximum absolute atomic E-state index is 10.9. The molecule has 1 N–H and O–H groups in total. The van der Waals surface area contributed by atoms with Crippen molar-refractivity contribution in [1.82, 2.24) is 5.16 Å². The van der Waals surface area contributed by atoms with E-state index in [9.17, 15) is 4.79 Å². The van der Waals surface area contributed by atoms with Crippen molar-refractivity contribution >= 4 is 5.78 Å². The molecule has 0 radical (unpaired) electrons. The first-order valence-corrected chi connectivity index (χ1v) is 9.00. The van der Waals surface area contributed by atoms with Gasteiger partial charge in [0.2, 0.25) is 0 Å². The number of carbonyl (C=O) groups excluding carboxylic acids is 1. The molecule has 0 fully saturated rings. The second-order valence-corrected chi connectivity index (χ2v) is 6.22. The highest BCUT2D eigenvalue weighted by atomic mass is 16.5. The van der Waals surface area contributed by atoms with Crippen LogP contribution in [0.4, 0.5) is 0 Å². The minimum absolute atomic E-state index is 0.346. The van der Waals surface area contributed by atoms with Crippen LogP contribution in [0.5, 0.6) is 0 Å². The molecule has 0 spiro atoms. The summed E-state index contributed by atoms with van der Waals surface area (Å²) in [4.78, 5) is 10.9. The number of Topliss-reactive ketones (excluding diaryl/α,β-unsaturated/α-hetero) is 1. The van der Waals surface area contributed by atoms with Crippen molar-refractivity contribution in [2.24, 2.45) is 0 Å². The van der Waals surface area contributed by atoms with Crippen molar-refractivity contribution < 1.29 is 14.4 Å². The van der Waals surface area contributed by atoms with Gasteiger partial charge in [-0.3, -0.25) is 4.79 Å². The van der Waals surface area contributed by atoms with Crippen molar-refractivity contribution in [2.75, 3.05) is 0 Å². The molecule has 0 unspecified atom stereocenters. The molecule has 0 atom stereocenters. The Kier molecular flexibility index (Phi) is 13.7. The van der Waals surface area contributed by atoms with E-state index < -0.39 is 0 Å². The zero-order chi connectivity index (χ0) is 20.2. The highest BCUT2D eigenvalue weighted by molar-refractivity contribution is 5.96. The van der Waals surface area contributed by atoms with Gasteiger partial charge in [0, 0.05) is 12.0 Å². The molecule has 0 amide bonds. The molecule has 4 nitrogen and oxygen atoms in total. The number of aliphatic hydroxyl groups is 1. The number of aryl methyl sites for hydroxylation is 2. The highest BCUT2D eigenvalue weighted by Crippen LogP contribution is 2.20. The molecule has 0 aliphatic heterocycles. The van der Waals surface area contributed by atoms with E-state index >= 15 is 0 Å². The third kappa shape index (κ3) is 10.6. The van der Waals surface area contributed by atoms with E-state index in [1.165, 1.54) is 5.57 Å². The fourth-order valence-corrected chi connectivity index (χ4v) is 1.66. The number of nitrogens with zero attached hydrogens (tertiary/aromatic N) is 1. The summed E-state index contributed by atoms with van der Waals surface area (Å²) in [5.41, 5.74) is 5.41. The van der Waals surface area contributed by atoms with Crippen LogP contribution in [0.25, 0.3) is 0 Å². The summed E-state index contributed by atoms with van der Waals surface area (Å²) >= 11 is 0. The third-order valence-corrected chi connectivity index (χ3v) is 4.13. The normalized spacial score (nSPS) is 12.8. The lowest BCUT2D eigenvalue weighted by atomic mass is 9.93. The molecule has 1 aliphatic carbocycles. The Hall–Kier alpha value is -1.84. The average Bonchev–Trinajstić information content (AvgIpc) is 2.86. The molecular weight excluding hydrogens is 314 g/mol. The number of aliphatic hydroxyl groups excluding tert-OH is 1. The Bertz CT molecular complexity index is 555. The molecule has 1 aromatic rings. The summed E-state index contributed by atoms with van der Waals surface area (Å²) in [6.07, 6.45) is 2.95. The van der Waals surface area contributed by atoms with E-state index in [4.69, 9.17) is 9.63 Å². The number of carbonyl (C=O) groups is 1. The van der Waals surface area contributed by atoms with Gasteiger partial charge >= 0.3 is 0 Å². The van der Waals surface area contributed by atoms with E-state index in [2.05, 4.69) is 5.16 Å². The highest BCUT2D eigenvalue weighted by Gasteiger charge is 2.12. The zero-order valence-corrected chi connectivity index (χ0v) is 17.8. The van der Waals surface area contributed by atoms with Crippen LogP contribution in [0.1, 0.15) is 84.7 Å². The Labute approximate surface area is 154 Å². The van der Waals surface area contributed by atoms with Gasteiger partial charge in [0.15, 0.2) is 5.78 Å². The van der Waals surface area contributed by atoms with Crippen molar-refractivity contribution in [3.8, 4) is 0 Å². The summed E-state index contributed by atoms with van der Waals surface area (Å²) in [7, 11) is 0. The van der Waals surface area contributed by atoms with E-state index in [1.54, 1.807) is 6.92 Å². The second kappa shape index (κ2) is 13.5. The van der Waals surface area contributed by atoms with Crippen molar-refractivity contribution in [2.45, 2.75) is 88.5 Å². The largest absolute Gasteiger partial charge is 0.513 e. The molecule has 25 heavy (non-hydrogen) atoms. The number of hydrogen-bond acceptors (Lipinski definition) is 4. The Morgan fingerprint density at radius 3 is 1.68 bits per heavy atom. The van der Waals surface area contributed by atoms with Crippen LogP contribution < -0.4 is 0 Å². The lowest BCUT2D eigenvalue weighted by Gasteiger charge is -2.11. The summed E-state index contributed by atoms with van der Waals surface area (Å²) in [5.74, 6) is 1.69. The number of aromatic nitrogens is 1. The van der Waals surface area contributed by atoms with Crippen LogP contribution in [0.2, 0.25) is 0 Å².